The Morgan fingerprint density at radius 3 is 2.41 bits per heavy atom. The minimum Gasteiger partial charge on any atom is -0.497 e. The first-order chi connectivity index (χ1) is 13.2. The summed E-state index contributed by atoms with van der Waals surface area (Å²) in [5.41, 5.74) is 3.38. The number of rotatable bonds is 6. The van der Waals surface area contributed by atoms with Crippen molar-refractivity contribution >= 4 is 5.96 Å². The molecule has 0 aliphatic rings. The summed E-state index contributed by atoms with van der Waals surface area (Å²) in [6, 6.07) is 16.1. The van der Waals surface area contributed by atoms with Crippen LogP contribution < -0.4 is 15.4 Å². The van der Waals surface area contributed by atoms with Gasteiger partial charge in [-0.15, -0.1) is 0 Å². The largest absolute Gasteiger partial charge is 0.497 e. The molecule has 140 valence electrons. The van der Waals surface area contributed by atoms with E-state index >= 15 is 0 Å². The minimum atomic E-state index is 0.497. The van der Waals surface area contributed by atoms with E-state index in [9.17, 15) is 0 Å². The summed E-state index contributed by atoms with van der Waals surface area (Å²) in [5.74, 6) is 2.90. The number of nitrogens with one attached hydrogen (secondary N) is 3. The number of aliphatic imine (C=N–C) groups is 1. The number of H-pyrrole nitrogens is 1. The van der Waals surface area contributed by atoms with E-state index in [4.69, 9.17) is 4.74 Å². The molecule has 0 saturated carbocycles. The molecular weight excluding hydrogens is 340 g/mol. The van der Waals surface area contributed by atoms with Crippen molar-refractivity contribution < 1.29 is 4.74 Å². The van der Waals surface area contributed by atoms with Gasteiger partial charge in [-0.3, -0.25) is 10.1 Å². The second kappa shape index (κ2) is 8.84. The zero-order valence-corrected chi connectivity index (χ0v) is 15.8. The summed E-state index contributed by atoms with van der Waals surface area (Å²) in [6.07, 6.45) is 0. The van der Waals surface area contributed by atoms with E-state index in [1.54, 1.807) is 14.2 Å². The number of benzene rings is 2. The molecule has 0 aliphatic heterocycles. The maximum Gasteiger partial charge on any atom is 0.191 e. The molecule has 3 rings (SSSR count). The zero-order chi connectivity index (χ0) is 19.1. The smallest absolute Gasteiger partial charge is 0.191 e. The highest BCUT2D eigenvalue weighted by Gasteiger charge is 2.07. The Labute approximate surface area is 158 Å². The highest BCUT2D eigenvalue weighted by Crippen LogP contribution is 2.18. The number of hydrogen-bond acceptors (Lipinski definition) is 4. The number of ether oxygens (including phenoxy) is 1. The van der Waals surface area contributed by atoms with E-state index in [1.165, 1.54) is 11.1 Å². The van der Waals surface area contributed by atoms with Crippen LogP contribution in [-0.2, 0) is 13.1 Å². The first-order valence-electron chi connectivity index (χ1n) is 8.73. The summed E-state index contributed by atoms with van der Waals surface area (Å²) in [7, 11) is 3.39. The van der Waals surface area contributed by atoms with Gasteiger partial charge in [0.1, 0.15) is 11.6 Å². The summed E-state index contributed by atoms with van der Waals surface area (Å²) in [6.45, 7) is 3.28. The monoisotopic (exact) mass is 364 g/mol. The van der Waals surface area contributed by atoms with Crippen molar-refractivity contribution in [1.82, 2.24) is 25.8 Å². The lowest BCUT2D eigenvalue weighted by molar-refractivity contribution is 0.415. The molecule has 7 nitrogen and oxygen atoms in total. The molecule has 1 aromatic heterocycles. The number of aromatic amines is 1. The van der Waals surface area contributed by atoms with Crippen LogP contribution >= 0.6 is 0 Å². The third-order valence-electron chi connectivity index (χ3n) is 4.11. The van der Waals surface area contributed by atoms with Gasteiger partial charge >= 0.3 is 0 Å². The van der Waals surface area contributed by atoms with Crippen LogP contribution in [0.15, 0.2) is 53.5 Å². The van der Waals surface area contributed by atoms with Crippen molar-refractivity contribution in [1.29, 1.82) is 0 Å². The average Bonchev–Trinajstić information content (AvgIpc) is 3.18. The normalized spacial score (nSPS) is 11.3. The summed E-state index contributed by atoms with van der Waals surface area (Å²) >= 11 is 0. The third-order valence-corrected chi connectivity index (χ3v) is 4.11. The van der Waals surface area contributed by atoms with Gasteiger partial charge in [0.15, 0.2) is 11.8 Å². The van der Waals surface area contributed by atoms with E-state index in [-0.39, 0.29) is 0 Å². The topological polar surface area (TPSA) is 87.2 Å². The zero-order valence-electron chi connectivity index (χ0n) is 15.8. The Hall–Kier alpha value is -3.35. The van der Waals surface area contributed by atoms with Crippen LogP contribution in [0.5, 0.6) is 5.75 Å². The number of aryl methyl sites for hydroxylation is 1. The van der Waals surface area contributed by atoms with Crippen LogP contribution in [-0.4, -0.2) is 35.3 Å². The summed E-state index contributed by atoms with van der Waals surface area (Å²) in [5, 5.41) is 13.7. The van der Waals surface area contributed by atoms with Crippen molar-refractivity contribution in [2.75, 3.05) is 14.2 Å². The first-order valence-corrected chi connectivity index (χ1v) is 8.73. The molecular formula is C20H24N6O. The molecule has 27 heavy (non-hydrogen) atoms. The molecule has 7 heteroatoms. The Kier molecular flexibility index (Phi) is 6.04. The SMILES string of the molecule is CN=C(NCc1ccc(C)cc1)NCc1nc(-c2ccc(OC)cc2)n[nH]1. The Bertz CT molecular complexity index is 884. The Balaban J connectivity index is 1.53. The van der Waals surface area contributed by atoms with Gasteiger partial charge in [0, 0.05) is 19.2 Å². The number of aromatic nitrogens is 3. The lowest BCUT2D eigenvalue weighted by Gasteiger charge is -2.11. The fourth-order valence-corrected chi connectivity index (χ4v) is 2.52. The number of guanidine groups is 1. The van der Waals surface area contributed by atoms with Gasteiger partial charge in [-0.05, 0) is 36.8 Å². The van der Waals surface area contributed by atoms with E-state index in [0.717, 1.165) is 17.1 Å². The summed E-state index contributed by atoms with van der Waals surface area (Å²) in [4.78, 5) is 8.76. The number of nitrogens with zero attached hydrogens (tertiary/aromatic N) is 3. The van der Waals surface area contributed by atoms with Crippen molar-refractivity contribution in [3.8, 4) is 17.1 Å². The van der Waals surface area contributed by atoms with E-state index in [2.05, 4.69) is 62.0 Å². The van der Waals surface area contributed by atoms with Gasteiger partial charge in [0.05, 0.1) is 13.7 Å². The van der Waals surface area contributed by atoms with Crippen molar-refractivity contribution in [3.63, 3.8) is 0 Å². The quantitative estimate of drug-likeness (QED) is 0.462. The minimum absolute atomic E-state index is 0.497. The Morgan fingerprint density at radius 2 is 1.74 bits per heavy atom. The van der Waals surface area contributed by atoms with Crippen LogP contribution in [0.2, 0.25) is 0 Å². The highest BCUT2D eigenvalue weighted by molar-refractivity contribution is 5.79. The second-order valence-corrected chi connectivity index (χ2v) is 6.10. The van der Waals surface area contributed by atoms with E-state index < -0.39 is 0 Å². The molecule has 3 aromatic rings. The maximum absolute atomic E-state index is 5.17. The van der Waals surface area contributed by atoms with Crippen LogP contribution in [0.25, 0.3) is 11.4 Å². The van der Waals surface area contributed by atoms with Crippen molar-refractivity contribution in [2.24, 2.45) is 4.99 Å². The molecule has 3 N–H and O–H groups in total. The van der Waals surface area contributed by atoms with E-state index in [1.807, 2.05) is 24.3 Å². The number of methoxy groups -OCH3 is 1. The molecule has 0 amide bonds. The molecule has 0 aliphatic carbocycles. The highest BCUT2D eigenvalue weighted by atomic mass is 16.5. The lowest BCUT2D eigenvalue weighted by Crippen LogP contribution is -2.36. The molecule has 0 unspecified atom stereocenters. The fraction of sp³-hybridized carbons (Fsp3) is 0.250. The van der Waals surface area contributed by atoms with E-state index in [0.29, 0.717) is 24.9 Å². The second-order valence-electron chi connectivity index (χ2n) is 6.10. The molecule has 1 heterocycles. The van der Waals surface area contributed by atoms with Crippen LogP contribution in [0.4, 0.5) is 0 Å². The van der Waals surface area contributed by atoms with Crippen LogP contribution in [0.1, 0.15) is 17.0 Å². The van der Waals surface area contributed by atoms with Crippen molar-refractivity contribution in [3.05, 3.63) is 65.5 Å². The van der Waals surface area contributed by atoms with Crippen molar-refractivity contribution in [2.45, 2.75) is 20.0 Å². The molecule has 0 radical (unpaired) electrons. The fourth-order valence-electron chi connectivity index (χ4n) is 2.52. The molecule has 0 saturated heterocycles. The van der Waals surface area contributed by atoms with Gasteiger partial charge in [-0.25, -0.2) is 4.98 Å². The van der Waals surface area contributed by atoms with Gasteiger partial charge in [0.25, 0.3) is 0 Å². The summed E-state index contributed by atoms with van der Waals surface area (Å²) < 4.78 is 5.17. The average molecular weight is 364 g/mol. The van der Waals surface area contributed by atoms with Crippen LogP contribution in [0.3, 0.4) is 0 Å². The number of hydrogen-bond donors (Lipinski definition) is 3. The van der Waals surface area contributed by atoms with Gasteiger partial charge in [-0.2, -0.15) is 5.10 Å². The molecule has 0 atom stereocenters. The van der Waals surface area contributed by atoms with Crippen LogP contribution in [0, 0.1) is 6.92 Å². The van der Waals surface area contributed by atoms with Gasteiger partial charge in [-0.1, -0.05) is 29.8 Å². The Morgan fingerprint density at radius 1 is 1.04 bits per heavy atom. The maximum atomic E-state index is 5.17. The third kappa shape index (κ3) is 5.07. The van der Waals surface area contributed by atoms with Gasteiger partial charge in [0.2, 0.25) is 0 Å². The molecule has 0 spiro atoms. The molecule has 0 bridgehead atoms. The standard InChI is InChI=1S/C20H24N6O/c1-14-4-6-15(7-5-14)12-22-20(21-2)23-13-18-24-19(26-25-18)16-8-10-17(27-3)11-9-16/h4-11H,12-13H2,1-3H3,(H2,21,22,23)(H,24,25,26). The van der Waals surface area contributed by atoms with Gasteiger partial charge < -0.3 is 15.4 Å². The predicted octanol–water partition coefficient (Wildman–Crippen LogP) is 2.65. The predicted molar refractivity (Wildman–Crippen MR) is 107 cm³/mol. The lowest BCUT2D eigenvalue weighted by atomic mass is 10.1. The first kappa shape index (κ1) is 18.4. The molecule has 0 fully saturated rings. The molecule has 2 aromatic carbocycles.